The third-order valence-electron chi connectivity index (χ3n) is 2.43. The zero-order valence-corrected chi connectivity index (χ0v) is 10.3. The van der Waals surface area contributed by atoms with Crippen molar-refractivity contribution in [2.45, 2.75) is 51.7 Å². The number of ether oxygens (including phenoxy) is 1. The largest absolute Gasteiger partial charge is 0.444 e. The Morgan fingerprint density at radius 1 is 1.38 bits per heavy atom. The molecule has 0 aromatic carbocycles. The molecule has 0 spiro atoms. The molecule has 5 nitrogen and oxygen atoms in total. The van der Waals surface area contributed by atoms with Gasteiger partial charge in [0.15, 0.2) is 0 Å². The van der Waals surface area contributed by atoms with Crippen LogP contribution in [-0.4, -0.2) is 41.1 Å². The first-order valence-electron chi connectivity index (χ1n) is 5.80. The zero-order chi connectivity index (χ0) is 12.2. The lowest BCUT2D eigenvalue weighted by atomic mass is 10.1. The van der Waals surface area contributed by atoms with Gasteiger partial charge in [0.2, 0.25) is 0 Å². The minimum atomic E-state index is -0.460. The lowest BCUT2D eigenvalue weighted by molar-refractivity contribution is -0.0877. The summed E-state index contributed by atoms with van der Waals surface area (Å²) in [4.78, 5) is 11.5. The Hall–Kier alpha value is -0.810. The van der Waals surface area contributed by atoms with E-state index in [0.717, 1.165) is 19.3 Å². The van der Waals surface area contributed by atoms with E-state index in [9.17, 15) is 10.0 Å². The smallest absolute Gasteiger partial charge is 0.407 e. The number of carbonyl (C=O) groups is 1. The van der Waals surface area contributed by atoms with Gasteiger partial charge in [-0.25, -0.2) is 4.79 Å². The van der Waals surface area contributed by atoms with Crippen molar-refractivity contribution in [1.29, 1.82) is 0 Å². The molecule has 0 bridgehead atoms. The fourth-order valence-electron chi connectivity index (χ4n) is 1.70. The van der Waals surface area contributed by atoms with Gasteiger partial charge in [0.25, 0.3) is 0 Å². The third kappa shape index (κ3) is 5.32. The maximum Gasteiger partial charge on any atom is 0.407 e. The van der Waals surface area contributed by atoms with Crippen molar-refractivity contribution >= 4 is 6.09 Å². The molecular weight excluding hydrogens is 208 g/mol. The Morgan fingerprint density at radius 2 is 2.06 bits per heavy atom. The molecule has 1 aliphatic rings. The molecular formula is C11H22N2O3. The van der Waals surface area contributed by atoms with Crippen LogP contribution in [0.2, 0.25) is 0 Å². The molecule has 0 aromatic rings. The second-order valence-electron chi connectivity index (χ2n) is 5.23. The van der Waals surface area contributed by atoms with Gasteiger partial charge in [-0.3, -0.25) is 0 Å². The van der Waals surface area contributed by atoms with Crippen molar-refractivity contribution in [3.05, 3.63) is 0 Å². The molecule has 1 amide bonds. The molecule has 1 atom stereocenters. The maximum absolute atomic E-state index is 11.5. The van der Waals surface area contributed by atoms with Crippen molar-refractivity contribution in [2.24, 2.45) is 0 Å². The van der Waals surface area contributed by atoms with Gasteiger partial charge in [0.05, 0.1) is 0 Å². The van der Waals surface area contributed by atoms with Crippen LogP contribution in [0.5, 0.6) is 0 Å². The minimum absolute atomic E-state index is 0.104. The summed E-state index contributed by atoms with van der Waals surface area (Å²) >= 11 is 0. The van der Waals surface area contributed by atoms with Crippen LogP contribution in [0.25, 0.3) is 0 Å². The molecule has 1 unspecified atom stereocenters. The number of hydrogen-bond acceptors (Lipinski definition) is 4. The van der Waals surface area contributed by atoms with Crippen LogP contribution < -0.4 is 5.32 Å². The second-order valence-corrected chi connectivity index (χ2v) is 5.23. The van der Waals surface area contributed by atoms with Crippen LogP contribution in [0.1, 0.15) is 40.0 Å². The molecule has 1 aliphatic heterocycles. The summed E-state index contributed by atoms with van der Waals surface area (Å²) in [5.74, 6) is 0. The highest BCUT2D eigenvalue weighted by Gasteiger charge is 2.21. The number of alkyl carbamates (subject to hydrolysis) is 1. The Labute approximate surface area is 96.7 Å². The van der Waals surface area contributed by atoms with Crippen LogP contribution in [0.3, 0.4) is 0 Å². The molecule has 0 aliphatic carbocycles. The average molecular weight is 230 g/mol. The SMILES string of the molecule is CC(C)(C)OC(=O)NC1CCCN(O)CC1. The Morgan fingerprint density at radius 3 is 2.69 bits per heavy atom. The van der Waals surface area contributed by atoms with E-state index in [1.807, 2.05) is 20.8 Å². The lowest BCUT2D eigenvalue weighted by Gasteiger charge is -2.22. The highest BCUT2D eigenvalue weighted by atomic mass is 16.6. The van der Waals surface area contributed by atoms with Gasteiger partial charge in [0.1, 0.15) is 5.60 Å². The van der Waals surface area contributed by atoms with Gasteiger partial charge < -0.3 is 15.3 Å². The summed E-state index contributed by atoms with van der Waals surface area (Å²) < 4.78 is 5.18. The molecule has 0 saturated carbocycles. The average Bonchev–Trinajstić information content (AvgIpc) is 2.27. The van der Waals surface area contributed by atoms with E-state index in [2.05, 4.69) is 5.32 Å². The number of hydroxylamine groups is 2. The molecule has 2 N–H and O–H groups in total. The van der Waals surface area contributed by atoms with Gasteiger partial charge in [0, 0.05) is 19.1 Å². The number of nitrogens with one attached hydrogen (secondary N) is 1. The molecule has 1 saturated heterocycles. The summed E-state index contributed by atoms with van der Waals surface area (Å²) in [6.07, 6.45) is 2.16. The van der Waals surface area contributed by atoms with E-state index >= 15 is 0 Å². The van der Waals surface area contributed by atoms with Gasteiger partial charge in [-0.2, -0.15) is 5.06 Å². The van der Waals surface area contributed by atoms with Crippen molar-refractivity contribution in [3.63, 3.8) is 0 Å². The number of rotatable bonds is 1. The van der Waals surface area contributed by atoms with Crippen LogP contribution in [0.4, 0.5) is 4.79 Å². The van der Waals surface area contributed by atoms with E-state index in [-0.39, 0.29) is 12.1 Å². The van der Waals surface area contributed by atoms with Crippen molar-refractivity contribution < 1.29 is 14.7 Å². The van der Waals surface area contributed by atoms with Crippen molar-refractivity contribution in [1.82, 2.24) is 10.4 Å². The molecule has 1 rings (SSSR count). The van der Waals surface area contributed by atoms with Crippen LogP contribution in [0.15, 0.2) is 0 Å². The molecule has 1 fully saturated rings. The Bertz CT molecular complexity index is 238. The first-order chi connectivity index (χ1) is 7.37. The number of carbonyl (C=O) groups excluding carboxylic acids is 1. The van der Waals surface area contributed by atoms with E-state index in [0.29, 0.717) is 13.1 Å². The minimum Gasteiger partial charge on any atom is -0.444 e. The van der Waals surface area contributed by atoms with Crippen LogP contribution in [-0.2, 0) is 4.74 Å². The zero-order valence-electron chi connectivity index (χ0n) is 10.3. The summed E-state index contributed by atoms with van der Waals surface area (Å²) in [5.41, 5.74) is -0.460. The van der Waals surface area contributed by atoms with Gasteiger partial charge in [-0.1, -0.05) is 0 Å². The van der Waals surface area contributed by atoms with E-state index < -0.39 is 5.60 Å². The summed E-state index contributed by atoms with van der Waals surface area (Å²) in [6.45, 7) is 6.80. The fourth-order valence-corrected chi connectivity index (χ4v) is 1.70. The predicted molar refractivity (Wildman–Crippen MR) is 60.4 cm³/mol. The van der Waals surface area contributed by atoms with Crippen molar-refractivity contribution in [2.75, 3.05) is 13.1 Å². The van der Waals surface area contributed by atoms with E-state index in [1.54, 1.807) is 0 Å². The second kappa shape index (κ2) is 5.50. The van der Waals surface area contributed by atoms with E-state index in [1.165, 1.54) is 5.06 Å². The fraction of sp³-hybridized carbons (Fsp3) is 0.909. The third-order valence-corrected chi connectivity index (χ3v) is 2.43. The molecule has 1 heterocycles. The maximum atomic E-state index is 11.5. The van der Waals surface area contributed by atoms with E-state index in [4.69, 9.17) is 4.74 Å². The number of amides is 1. The molecule has 0 aromatic heterocycles. The van der Waals surface area contributed by atoms with Crippen LogP contribution >= 0.6 is 0 Å². The molecule has 5 heteroatoms. The van der Waals surface area contributed by atoms with Gasteiger partial charge in [-0.15, -0.1) is 0 Å². The molecule has 0 radical (unpaired) electrons. The Kier molecular flexibility index (Phi) is 4.56. The normalized spacial score (nSPS) is 23.6. The number of hydrogen-bond donors (Lipinski definition) is 2. The van der Waals surface area contributed by atoms with Crippen molar-refractivity contribution in [3.8, 4) is 0 Å². The van der Waals surface area contributed by atoms with Crippen LogP contribution in [0, 0.1) is 0 Å². The Balaban J connectivity index is 2.33. The van der Waals surface area contributed by atoms with Gasteiger partial charge >= 0.3 is 6.09 Å². The lowest BCUT2D eigenvalue weighted by Crippen LogP contribution is -2.39. The van der Waals surface area contributed by atoms with Gasteiger partial charge in [-0.05, 0) is 40.0 Å². The topological polar surface area (TPSA) is 61.8 Å². The highest BCUT2D eigenvalue weighted by Crippen LogP contribution is 2.11. The molecule has 94 valence electrons. The summed E-state index contributed by atoms with van der Waals surface area (Å²) in [5, 5.41) is 13.5. The predicted octanol–water partition coefficient (Wildman–Crippen LogP) is 1.75. The molecule has 16 heavy (non-hydrogen) atoms. The monoisotopic (exact) mass is 230 g/mol. The standard InChI is InChI=1S/C11H22N2O3/c1-11(2,3)16-10(14)12-9-5-4-7-13(15)8-6-9/h9,15H,4-8H2,1-3H3,(H,12,14). The highest BCUT2D eigenvalue weighted by molar-refractivity contribution is 5.68. The number of nitrogens with zero attached hydrogens (tertiary/aromatic N) is 1. The summed E-state index contributed by atoms with van der Waals surface area (Å²) in [7, 11) is 0. The quantitative estimate of drug-likeness (QED) is 0.720. The first-order valence-corrected chi connectivity index (χ1v) is 5.80. The first kappa shape index (κ1) is 13.3. The summed E-state index contributed by atoms with van der Waals surface area (Å²) in [6, 6.07) is 0.104.